The summed E-state index contributed by atoms with van der Waals surface area (Å²) in [6.07, 6.45) is 4.14. The molecule has 7 N–H and O–H groups in total. The Morgan fingerprint density at radius 3 is 2.29 bits per heavy atom. The van der Waals surface area contributed by atoms with Crippen LogP contribution in [-0.2, 0) is 25.9 Å². The SMILES string of the molecule is CNC(=O)NCCCCNC(=O)NCCOCCOCCNS(=O)(=O)c1ccc(O[C@H]2c3cc(Cl)cc(C)c3C[C@@H]2N2CCC[C@@H](N)C2)c(C)c1. The second-order valence-electron chi connectivity index (χ2n) is 12.9. The fraction of sp³-hybridized carbons (Fsp3) is 0.600. The molecule has 1 aliphatic heterocycles. The zero-order chi connectivity index (χ0) is 36.8. The Kier molecular flexibility index (Phi) is 16.0. The number of carbonyl (C=O) groups excluding carboxylic acids is 2. The number of aryl methyl sites for hydroxylation is 2. The van der Waals surface area contributed by atoms with Gasteiger partial charge in [-0.1, -0.05) is 11.6 Å². The van der Waals surface area contributed by atoms with Crippen LogP contribution in [0.1, 0.15) is 54.0 Å². The molecular weight excluding hydrogens is 698 g/mol. The topological polar surface area (TPSA) is 185 Å². The number of halogens is 1. The molecule has 0 saturated carbocycles. The van der Waals surface area contributed by atoms with Crippen LogP contribution in [0.25, 0.3) is 0 Å². The van der Waals surface area contributed by atoms with Crippen molar-refractivity contribution in [1.82, 2.24) is 30.9 Å². The predicted molar refractivity (Wildman–Crippen MR) is 197 cm³/mol. The van der Waals surface area contributed by atoms with Gasteiger partial charge in [0, 0.05) is 50.8 Å². The van der Waals surface area contributed by atoms with E-state index in [1.54, 1.807) is 25.2 Å². The maximum atomic E-state index is 13.1. The van der Waals surface area contributed by atoms with Crippen LogP contribution in [0, 0.1) is 13.8 Å². The Labute approximate surface area is 306 Å². The largest absolute Gasteiger partial charge is 0.484 e. The summed E-state index contributed by atoms with van der Waals surface area (Å²) in [5.74, 6) is 0.624. The van der Waals surface area contributed by atoms with E-state index in [-0.39, 0.29) is 54.9 Å². The quantitative estimate of drug-likeness (QED) is 0.118. The molecule has 4 amide bonds. The molecule has 1 fully saturated rings. The third-order valence-corrected chi connectivity index (χ3v) is 10.7. The molecule has 1 heterocycles. The Morgan fingerprint density at radius 1 is 0.922 bits per heavy atom. The Morgan fingerprint density at radius 2 is 1.61 bits per heavy atom. The van der Waals surface area contributed by atoms with E-state index in [0.717, 1.165) is 56.3 Å². The van der Waals surface area contributed by atoms with Crippen molar-refractivity contribution < 1.29 is 32.2 Å². The number of nitrogens with two attached hydrogens (primary N) is 1. The van der Waals surface area contributed by atoms with E-state index in [1.165, 1.54) is 5.56 Å². The van der Waals surface area contributed by atoms with E-state index in [9.17, 15) is 18.0 Å². The van der Waals surface area contributed by atoms with Crippen molar-refractivity contribution in [3.63, 3.8) is 0 Å². The number of rotatable bonds is 19. The first-order valence-electron chi connectivity index (χ1n) is 17.7. The number of nitrogens with one attached hydrogen (secondary N) is 5. The molecule has 2 aromatic rings. The van der Waals surface area contributed by atoms with Crippen LogP contribution in [0.2, 0.25) is 5.02 Å². The second-order valence-corrected chi connectivity index (χ2v) is 15.1. The zero-order valence-electron chi connectivity index (χ0n) is 29.9. The van der Waals surface area contributed by atoms with Gasteiger partial charge in [0.1, 0.15) is 11.9 Å². The second kappa shape index (κ2) is 20.2. The molecule has 2 aromatic carbocycles. The highest BCUT2D eigenvalue weighted by Gasteiger charge is 2.40. The molecule has 0 spiro atoms. The van der Waals surface area contributed by atoms with Gasteiger partial charge in [0.2, 0.25) is 10.0 Å². The normalized spacial score (nSPS) is 19.0. The lowest BCUT2D eigenvalue weighted by Crippen LogP contribution is -2.49. The number of piperidine rings is 1. The molecule has 284 valence electrons. The molecule has 1 aliphatic carbocycles. The highest BCUT2D eigenvalue weighted by atomic mass is 35.5. The molecule has 0 bridgehead atoms. The van der Waals surface area contributed by atoms with Gasteiger partial charge in [0.05, 0.1) is 37.4 Å². The van der Waals surface area contributed by atoms with Crippen LogP contribution in [0.4, 0.5) is 9.59 Å². The van der Waals surface area contributed by atoms with Crippen molar-refractivity contribution >= 4 is 33.7 Å². The van der Waals surface area contributed by atoms with Crippen molar-refractivity contribution in [2.45, 2.75) is 69.0 Å². The number of fused-ring (bicyclic) bond motifs is 1. The number of urea groups is 2. The minimum absolute atomic E-state index is 0.0990. The zero-order valence-corrected chi connectivity index (χ0v) is 31.5. The van der Waals surface area contributed by atoms with Crippen molar-refractivity contribution in [2.24, 2.45) is 5.73 Å². The van der Waals surface area contributed by atoms with Gasteiger partial charge in [-0.05, 0) is 105 Å². The first-order valence-corrected chi connectivity index (χ1v) is 19.5. The number of carbonyl (C=O) groups is 2. The van der Waals surface area contributed by atoms with E-state index in [1.807, 2.05) is 19.1 Å². The van der Waals surface area contributed by atoms with Crippen molar-refractivity contribution in [1.29, 1.82) is 0 Å². The number of amides is 4. The Balaban J connectivity index is 1.15. The summed E-state index contributed by atoms with van der Waals surface area (Å²) in [4.78, 5) is 25.5. The molecule has 51 heavy (non-hydrogen) atoms. The fourth-order valence-electron chi connectivity index (χ4n) is 6.41. The Bertz CT molecular complexity index is 1570. The number of ether oxygens (including phenoxy) is 3. The van der Waals surface area contributed by atoms with E-state index in [2.05, 4.69) is 37.8 Å². The van der Waals surface area contributed by atoms with Gasteiger partial charge < -0.3 is 41.2 Å². The van der Waals surface area contributed by atoms with Gasteiger partial charge in [-0.15, -0.1) is 0 Å². The van der Waals surface area contributed by atoms with E-state index >= 15 is 0 Å². The van der Waals surface area contributed by atoms with Crippen LogP contribution < -0.4 is 36.5 Å². The molecular formula is C35H54ClN7O7S. The molecule has 0 aromatic heterocycles. The van der Waals surface area contributed by atoms with Crippen LogP contribution >= 0.6 is 11.6 Å². The minimum Gasteiger partial charge on any atom is -0.484 e. The van der Waals surface area contributed by atoms with Gasteiger partial charge in [-0.25, -0.2) is 22.7 Å². The van der Waals surface area contributed by atoms with Crippen LogP contribution in [0.15, 0.2) is 35.2 Å². The number of sulfonamides is 1. The van der Waals surface area contributed by atoms with Crippen LogP contribution in [0.5, 0.6) is 5.75 Å². The van der Waals surface area contributed by atoms with Crippen molar-refractivity contribution in [2.75, 3.05) is 72.7 Å². The van der Waals surface area contributed by atoms with E-state index < -0.39 is 10.0 Å². The number of hydrogen-bond donors (Lipinski definition) is 6. The third-order valence-electron chi connectivity index (χ3n) is 9.05. The van der Waals surface area contributed by atoms with Gasteiger partial charge in [-0.3, -0.25) is 4.90 Å². The third kappa shape index (κ3) is 12.5. The molecule has 4 rings (SSSR count). The summed E-state index contributed by atoms with van der Waals surface area (Å²) < 4.78 is 46.4. The lowest BCUT2D eigenvalue weighted by molar-refractivity contribution is 0.0516. The summed E-state index contributed by atoms with van der Waals surface area (Å²) in [6, 6.07) is 8.62. The number of unbranched alkanes of at least 4 members (excludes halogenated alkanes) is 1. The average Bonchev–Trinajstić information content (AvgIpc) is 3.45. The van der Waals surface area contributed by atoms with Crippen molar-refractivity contribution in [3.05, 3.63) is 57.6 Å². The fourth-order valence-corrected chi connectivity index (χ4v) is 7.79. The Hall–Kier alpha value is -3.18. The number of benzene rings is 2. The van der Waals surface area contributed by atoms with E-state index in [0.29, 0.717) is 49.2 Å². The minimum atomic E-state index is -3.77. The van der Waals surface area contributed by atoms with Gasteiger partial charge in [0.15, 0.2) is 0 Å². The van der Waals surface area contributed by atoms with Gasteiger partial charge in [-0.2, -0.15) is 0 Å². The summed E-state index contributed by atoms with van der Waals surface area (Å²) >= 11 is 6.49. The number of hydrogen-bond acceptors (Lipinski definition) is 9. The molecule has 3 atom stereocenters. The number of likely N-dealkylation sites (tertiary alicyclic amines) is 1. The first-order chi connectivity index (χ1) is 24.5. The average molecular weight is 752 g/mol. The van der Waals surface area contributed by atoms with E-state index in [4.69, 9.17) is 31.5 Å². The summed E-state index contributed by atoms with van der Waals surface area (Å²) in [6.45, 7) is 8.24. The maximum Gasteiger partial charge on any atom is 0.314 e. The molecule has 2 aliphatic rings. The summed E-state index contributed by atoms with van der Waals surface area (Å²) in [5, 5.41) is 11.3. The lowest BCUT2D eigenvalue weighted by atomic mass is 10.0. The molecule has 16 heteroatoms. The first kappa shape index (κ1) is 40.6. The monoisotopic (exact) mass is 751 g/mol. The molecule has 14 nitrogen and oxygen atoms in total. The molecule has 0 unspecified atom stereocenters. The van der Waals surface area contributed by atoms with Gasteiger partial charge in [0.25, 0.3) is 0 Å². The van der Waals surface area contributed by atoms with Crippen LogP contribution in [0.3, 0.4) is 0 Å². The highest BCUT2D eigenvalue weighted by Crippen LogP contribution is 2.42. The van der Waals surface area contributed by atoms with Crippen LogP contribution in [-0.4, -0.2) is 110 Å². The lowest BCUT2D eigenvalue weighted by Gasteiger charge is -2.38. The maximum absolute atomic E-state index is 13.1. The standard InChI is InChI=1S/C35H54ClN7O7S/c1-24-19-26(36)21-30-29(24)22-31(43-14-6-7-27(37)23-43)33(30)50-32-9-8-28(20-25(32)2)51(46,47)42-13-16-49-18-17-48-15-12-41-35(45)40-11-5-4-10-39-34(44)38-3/h8-9,19-21,27,31,33,42H,4-7,10-18,22-23,37H2,1-3H3,(H2,38,39,44)(H2,40,41,45)/t27-,31+,33+/m1/s1. The smallest absolute Gasteiger partial charge is 0.314 e. The molecule has 1 saturated heterocycles. The summed E-state index contributed by atoms with van der Waals surface area (Å²) in [5.41, 5.74) is 10.5. The molecule has 0 radical (unpaired) electrons. The van der Waals surface area contributed by atoms with Crippen molar-refractivity contribution in [3.8, 4) is 5.75 Å². The number of nitrogens with zero attached hydrogens (tertiary/aromatic N) is 1. The van der Waals surface area contributed by atoms with Gasteiger partial charge >= 0.3 is 12.1 Å². The highest BCUT2D eigenvalue weighted by molar-refractivity contribution is 7.89. The summed E-state index contributed by atoms with van der Waals surface area (Å²) in [7, 11) is -2.22. The predicted octanol–water partition coefficient (Wildman–Crippen LogP) is 2.74.